The topological polar surface area (TPSA) is 150 Å². The van der Waals surface area contributed by atoms with Gasteiger partial charge in [0.05, 0.1) is 17.7 Å². The smallest absolute Gasteiger partial charge is 0.338 e. The quantitative estimate of drug-likeness (QED) is 0.539. The molecular formula is C20H20FN11O. The van der Waals surface area contributed by atoms with Crippen molar-refractivity contribution in [3.8, 4) is 12.0 Å². The Morgan fingerprint density at radius 1 is 1.24 bits per heavy atom. The lowest BCUT2D eigenvalue weighted by Gasteiger charge is -2.22. The predicted octanol–water partition coefficient (Wildman–Crippen LogP) is 1.63. The van der Waals surface area contributed by atoms with Crippen LogP contribution in [0.4, 0.5) is 15.1 Å². The van der Waals surface area contributed by atoms with Gasteiger partial charge in [-0.05, 0) is 37.6 Å². The Bertz CT molecular complexity index is 1250. The number of hydrazone groups is 1. The summed E-state index contributed by atoms with van der Waals surface area (Å²) in [6.07, 6.45) is 3.37. The van der Waals surface area contributed by atoms with Gasteiger partial charge in [0.15, 0.2) is 0 Å². The van der Waals surface area contributed by atoms with Crippen LogP contribution in [0.1, 0.15) is 35.2 Å². The molecular weight excluding hydrogens is 429 g/mol. The van der Waals surface area contributed by atoms with Gasteiger partial charge in [-0.2, -0.15) is 25.0 Å². The highest BCUT2D eigenvalue weighted by molar-refractivity contribution is 5.78. The van der Waals surface area contributed by atoms with E-state index in [0.717, 1.165) is 6.07 Å². The largest absolute Gasteiger partial charge is 0.352 e. The number of nitrogens with zero attached hydrogens (tertiary/aromatic N) is 9. The molecule has 168 valence electrons. The molecule has 2 amide bonds. The number of amides is 2. The third kappa shape index (κ3) is 4.90. The van der Waals surface area contributed by atoms with Crippen LogP contribution in [0.25, 0.3) is 5.95 Å². The number of nitrogens with one attached hydrogen (secondary N) is 2. The van der Waals surface area contributed by atoms with Crippen molar-refractivity contribution in [2.24, 2.45) is 5.10 Å². The molecule has 2 aromatic heterocycles. The summed E-state index contributed by atoms with van der Waals surface area (Å²) in [5.41, 5.74) is 0.697. The monoisotopic (exact) mass is 449 g/mol. The summed E-state index contributed by atoms with van der Waals surface area (Å²) in [4.78, 5) is 29.3. The first-order chi connectivity index (χ1) is 15.9. The van der Waals surface area contributed by atoms with E-state index in [0.29, 0.717) is 42.1 Å². The molecule has 0 fully saturated rings. The number of aromatic nitrogens is 6. The maximum atomic E-state index is 13.8. The van der Waals surface area contributed by atoms with Gasteiger partial charge in [0, 0.05) is 25.7 Å². The standard InChI is InChI=1S/C20H20FN11O/c1-12-28-13(2)31(30-12)19-26-11-25-18(29-19)23-5-6-24-20(33)32-17(3-4-27-32)15-7-14(10-22)8-16(21)9-15/h4,7-9,11,17H,3,5-6H2,1-2H3,(H,24,33)(H,23,25,26,29)/t17-/m0/s1. The fourth-order valence-electron chi connectivity index (χ4n) is 3.37. The van der Waals surface area contributed by atoms with Gasteiger partial charge in [0.25, 0.3) is 5.95 Å². The normalized spacial score (nSPS) is 14.8. The summed E-state index contributed by atoms with van der Waals surface area (Å²) in [5.74, 6) is 1.37. The number of hydrogen-bond donors (Lipinski definition) is 2. The molecule has 0 saturated heterocycles. The zero-order valence-electron chi connectivity index (χ0n) is 17.9. The van der Waals surface area contributed by atoms with Gasteiger partial charge in [-0.3, -0.25) is 0 Å². The van der Waals surface area contributed by atoms with Crippen molar-refractivity contribution in [2.75, 3.05) is 18.4 Å². The van der Waals surface area contributed by atoms with Crippen molar-refractivity contribution in [1.29, 1.82) is 5.26 Å². The molecule has 0 bridgehead atoms. The Balaban J connectivity index is 1.33. The van der Waals surface area contributed by atoms with Gasteiger partial charge in [-0.15, -0.1) is 5.10 Å². The van der Waals surface area contributed by atoms with E-state index in [1.807, 2.05) is 6.07 Å². The zero-order valence-corrected chi connectivity index (χ0v) is 17.9. The lowest BCUT2D eigenvalue weighted by molar-refractivity contribution is 0.186. The predicted molar refractivity (Wildman–Crippen MR) is 115 cm³/mol. The molecule has 12 nitrogen and oxygen atoms in total. The Labute approximate surface area is 188 Å². The van der Waals surface area contributed by atoms with E-state index in [1.54, 1.807) is 26.1 Å². The first-order valence-electron chi connectivity index (χ1n) is 10.1. The van der Waals surface area contributed by atoms with Gasteiger partial charge < -0.3 is 10.6 Å². The molecule has 33 heavy (non-hydrogen) atoms. The van der Waals surface area contributed by atoms with E-state index in [1.165, 1.54) is 22.1 Å². The second kappa shape index (κ2) is 9.35. The average Bonchev–Trinajstić information content (AvgIpc) is 3.42. The van der Waals surface area contributed by atoms with Crippen LogP contribution in [0.3, 0.4) is 0 Å². The third-order valence-corrected chi connectivity index (χ3v) is 4.78. The van der Waals surface area contributed by atoms with Gasteiger partial charge in [0.2, 0.25) is 5.95 Å². The molecule has 0 unspecified atom stereocenters. The fraction of sp³-hybridized carbons (Fsp3) is 0.300. The van der Waals surface area contributed by atoms with Crippen molar-refractivity contribution in [3.05, 3.63) is 53.1 Å². The van der Waals surface area contributed by atoms with Crippen molar-refractivity contribution < 1.29 is 9.18 Å². The van der Waals surface area contributed by atoms with E-state index < -0.39 is 17.9 Å². The van der Waals surface area contributed by atoms with Crippen molar-refractivity contribution in [1.82, 2.24) is 40.0 Å². The SMILES string of the molecule is Cc1nc(C)n(-c2ncnc(NCCNC(=O)N3N=CC[C@H]3c3cc(F)cc(C#N)c3)n2)n1. The second-order valence-electron chi connectivity index (χ2n) is 7.16. The van der Waals surface area contributed by atoms with E-state index in [9.17, 15) is 9.18 Å². The van der Waals surface area contributed by atoms with Crippen LogP contribution >= 0.6 is 0 Å². The van der Waals surface area contributed by atoms with Crippen LogP contribution in [0.5, 0.6) is 0 Å². The third-order valence-electron chi connectivity index (χ3n) is 4.78. The molecule has 1 aromatic carbocycles. The molecule has 3 aromatic rings. The molecule has 3 heterocycles. The molecule has 1 aliphatic heterocycles. The van der Waals surface area contributed by atoms with Gasteiger partial charge >= 0.3 is 6.03 Å². The molecule has 0 aliphatic carbocycles. The minimum absolute atomic E-state index is 0.189. The van der Waals surface area contributed by atoms with Crippen LogP contribution in [0.15, 0.2) is 29.6 Å². The summed E-state index contributed by atoms with van der Waals surface area (Å²) in [6, 6.07) is 5.00. The number of halogens is 1. The minimum Gasteiger partial charge on any atom is -0.352 e. The number of carbonyl (C=O) groups excluding carboxylic acids is 1. The van der Waals surface area contributed by atoms with Crippen LogP contribution in [-0.4, -0.2) is 60.1 Å². The molecule has 0 saturated carbocycles. The van der Waals surface area contributed by atoms with Gasteiger partial charge in [0.1, 0.15) is 23.8 Å². The number of anilines is 1. The molecule has 13 heteroatoms. The summed E-state index contributed by atoms with van der Waals surface area (Å²) >= 11 is 0. The number of rotatable bonds is 6. The van der Waals surface area contributed by atoms with E-state index in [4.69, 9.17) is 5.26 Å². The van der Waals surface area contributed by atoms with Gasteiger partial charge in [-0.25, -0.2) is 24.2 Å². The number of carbonyl (C=O) groups is 1. The Kier molecular flexibility index (Phi) is 6.16. The first kappa shape index (κ1) is 21.8. The zero-order chi connectivity index (χ0) is 23.4. The maximum absolute atomic E-state index is 13.8. The van der Waals surface area contributed by atoms with Crippen LogP contribution in [0.2, 0.25) is 0 Å². The number of nitriles is 1. The lowest BCUT2D eigenvalue weighted by atomic mass is 10.0. The fourth-order valence-corrected chi connectivity index (χ4v) is 3.37. The van der Waals surface area contributed by atoms with Gasteiger partial charge in [-0.1, -0.05) is 0 Å². The van der Waals surface area contributed by atoms with Crippen LogP contribution < -0.4 is 10.6 Å². The number of aryl methyl sites for hydroxylation is 2. The van der Waals surface area contributed by atoms with Crippen LogP contribution in [0, 0.1) is 31.0 Å². The maximum Gasteiger partial charge on any atom is 0.338 e. The van der Waals surface area contributed by atoms with E-state index in [2.05, 4.69) is 40.8 Å². The Hall–Kier alpha value is -4.47. The number of hydrogen-bond acceptors (Lipinski definition) is 9. The van der Waals surface area contributed by atoms with Crippen molar-refractivity contribution in [3.63, 3.8) is 0 Å². The highest BCUT2D eigenvalue weighted by atomic mass is 19.1. The molecule has 2 N–H and O–H groups in total. The Morgan fingerprint density at radius 3 is 2.85 bits per heavy atom. The molecule has 0 spiro atoms. The summed E-state index contributed by atoms with van der Waals surface area (Å²) in [6.45, 7) is 4.17. The summed E-state index contributed by atoms with van der Waals surface area (Å²) < 4.78 is 15.3. The molecule has 1 atom stereocenters. The van der Waals surface area contributed by atoms with E-state index >= 15 is 0 Å². The summed E-state index contributed by atoms with van der Waals surface area (Å²) in [7, 11) is 0. The summed E-state index contributed by atoms with van der Waals surface area (Å²) in [5, 5.41) is 24.4. The average molecular weight is 449 g/mol. The highest BCUT2D eigenvalue weighted by Gasteiger charge is 2.28. The molecule has 4 rings (SSSR count). The number of benzene rings is 1. The minimum atomic E-state index is -0.534. The van der Waals surface area contributed by atoms with E-state index in [-0.39, 0.29) is 12.1 Å². The number of urea groups is 1. The highest BCUT2D eigenvalue weighted by Crippen LogP contribution is 2.29. The van der Waals surface area contributed by atoms with Crippen molar-refractivity contribution >= 4 is 18.2 Å². The van der Waals surface area contributed by atoms with Crippen molar-refractivity contribution in [2.45, 2.75) is 26.3 Å². The molecule has 0 radical (unpaired) electrons. The Morgan fingerprint density at radius 2 is 2.09 bits per heavy atom. The van der Waals surface area contributed by atoms with Crippen LogP contribution in [-0.2, 0) is 0 Å². The molecule has 1 aliphatic rings. The lowest BCUT2D eigenvalue weighted by Crippen LogP contribution is -2.39. The first-order valence-corrected chi connectivity index (χ1v) is 10.1. The second-order valence-corrected chi connectivity index (χ2v) is 7.16.